The summed E-state index contributed by atoms with van der Waals surface area (Å²) in [5.74, 6) is 0. The van der Waals surface area contributed by atoms with E-state index in [1.54, 1.807) is 0 Å². The van der Waals surface area contributed by atoms with E-state index in [1.165, 1.54) is 49.9 Å². The van der Waals surface area contributed by atoms with E-state index < -0.39 is 0 Å². The van der Waals surface area contributed by atoms with E-state index in [0.29, 0.717) is 0 Å². The van der Waals surface area contributed by atoms with E-state index in [2.05, 4.69) is 30.0 Å². The van der Waals surface area contributed by atoms with Crippen LogP contribution in [0.15, 0.2) is 18.2 Å². The molecule has 16 heavy (non-hydrogen) atoms. The zero-order valence-corrected chi connectivity index (χ0v) is 10.2. The lowest BCUT2D eigenvalue weighted by molar-refractivity contribution is 0.277. The number of aryl methyl sites for hydroxylation is 1. The maximum atomic E-state index is 6.05. The van der Waals surface area contributed by atoms with Crippen molar-refractivity contribution in [3.63, 3.8) is 0 Å². The third-order valence-electron chi connectivity index (χ3n) is 3.39. The molecule has 0 saturated carbocycles. The molecule has 88 valence electrons. The van der Waals surface area contributed by atoms with Gasteiger partial charge in [0.15, 0.2) is 0 Å². The van der Waals surface area contributed by atoms with Crippen molar-refractivity contribution in [2.24, 2.45) is 0 Å². The highest BCUT2D eigenvalue weighted by atomic mass is 15.1. The maximum Gasteiger partial charge on any atom is 0.0362 e. The highest BCUT2D eigenvalue weighted by molar-refractivity contribution is 5.48. The van der Waals surface area contributed by atoms with E-state index in [-0.39, 0.29) is 0 Å². The molecule has 0 radical (unpaired) electrons. The SMILES string of the molecule is Cc1ccc(CN2CCCCCC2)c(N)c1. The summed E-state index contributed by atoms with van der Waals surface area (Å²) in [5.41, 5.74) is 9.53. The molecular formula is C14H22N2. The fourth-order valence-electron chi connectivity index (χ4n) is 2.39. The molecule has 1 aromatic carbocycles. The summed E-state index contributed by atoms with van der Waals surface area (Å²) in [6.07, 6.45) is 5.46. The molecule has 0 amide bonds. The van der Waals surface area contributed by atoms with Gasteiger partial charge in [-0.3, -0.25) is 4.90 Å². The van der Waals surface area contributed by atoms with Gasteiger partial charge in [0, 0.05) is 12.2 Å². The lowest BCUT2D eigenvalue weighted by Gasteiger charge is -2.20. The average molecular weight is 218 g/mol. The normalized spacial score (nSPS) is 18.3. The molecule has 2 N–H and O–H groups in total. The largest absolute Gasteiger partial charge is 0.398 e. The van der Waals surface area contributed by atoms with Crippen molar-refractivity contribution in [2.45, 2.75) is 39.2 Å². The zero-order chi connectivity index (χ0) is 11.4. The third-order valence-corrected chi connectivity index (χ3v) is 3.39. The first-order valence-corrected chi connectivity index (χ1v) is 6.33. The summed E-state index contributed by atoms with van der Waals surface area (Å²) in [6, 6.07) is 6.41. The molecule has 2 heteroatoms. The van der Waals surface area contributed by atoms with Crippen molar-refractivity contribution in [2.75, 3.05) is 18.8 Å². The summed E-state index contributed by atoms with van der Waals surface area (Å²) in [5, 5.41) is 0. The Kier molecular flexibility index (Phi) is 3.83. The van der Waals surface area contributed by atoms with Gasteiger partial charge in [0.2, 0.25) is 0 Å². The molecule has 0 aliphatic carbocycles. The van der Waals surface area contributed by atoms with Crippen LogP contribution in [0.1, 0.15) is 36.8 Å². The Bertz CT molecular complexity index is 339. The monoisotopic (exact) mass is 218 g/mol. The van der Waals surface area contributed by atoms with Crippen molar-refractivity contribution in [3.8, 4) is 0 Å². The summed E-state index contributed by atoms with van der Waals surface area (Å²) in [7, 11) is 0. The van der Waals surface area contributed by atoms with Crippen molar-refractivity contribution >= 4 is 5.69 Å². The number of nitrogens with two attached hydrogens (primary N) is 1. The molecule has 1 aliphatic rings. The summed E-state index contributed by atoms with van der Waals surface area (Å²) < 4.78 is 0. The smallest absolute Gasteiger partial charge is 0.0362 e. The second-order valence-corrected chi connectivity index (χ2v) is 4.89. The van der Waals surface area contributed by atoms with Gasteiger partial charge in [-0.15, -0.1) is 0 Å². The fraction of sp³-hybridized carbons (Fsp3) is 0.571. The first-order chi connectivity index (χ1) is 7.75. The van der Waals surface area contributed by atoms with Gasteiger partial charge in [0.25, 0.3) is 0 Å². The van der Waals surface area contributed by atoms with Crippen LogP contribution < -0.4 is 5.73 Å². The average Bonchev–Trinajstić information content (AvgIpc) is 2.51. The Morgan fingerprint density at radius 2 is 1.81 bits per heavy atom. The van der Waals surface area contributed by atoms with Crippen LogP contribution in [-0.4, -0.2) is 18.0 Å². The first-order valence-electron chi connectivity index (χ1n) is 6.33. The molecule has 2 rings (SSSR count). The topological polar surface area (TPSA) is 29.3 Å². The standard InChI is InChI=1S/C14H22N2/c1-12-6-7-13(14(15)10-12)11-16-8-4-2-3-5-9-16/h6-7,10H,2-5,8-9,11,15H2,1H3. The molecule has 0 bridgehead atoms. The van der Waals surface area contributed by atoms with E-state index >= 15 is 0 Å². The van der Waals surface area contributed by atoms with Crippen molar-refractivity contribution < 1.29 is 0 Å². The quantitative estimate of drug-likeness (QED) is 0.773. The maximum absolute atomic E-state index is 6.05. The van der Waals surface area contributed by atoms with Crippen LogP contribution in [0.4, 0.5) is 5.69 Å². The molecule has 2 nitrogen and oxygen atoms in total. The summed E-state index contributed by atoms with van der Waals surface area (Å²) >= 11 is 0. The predicted molar refractivity (Wildman–Crippen MR) is 69.3 cm³/mol. The number of anilines is 1. The summed E-state index contributed by atoms with van der Waals surface area (Å²) in [6.45, 7) is 5.57. The van der Waals surface area contributed by atoms with E-state index in [0.717, 1.165) is 12.2 Å². The minimum absolute atomic E-state index is 0.948. The third kappa shape index (κ3) is 2.99. The van der Waals surface area contributed by atoms with Crippen LogP contribution in [-0.2, 0) is 6.54 Å². The van der Waals surface area contributed by atoms with Crippen LogP contribution in [0.2, 0.25) is 0 Å². The Morgan fingerprint density at radius 3 is 2.44 bits per heavy atom. The minimum atomic E-state index is 0.948. The number of nitrogen functional groups attached to an aromatic ring is 1. The molecule has 0 aromatic heterocycles. The Labute approximate surface area is 98.4 Å². The van der Waals surface area contributed by atoms with Crippen molar-refractivity contribution in [1.29, 1.82) is 0 Å². The molecular weight excluding hydrogens is 196 g/mol. The van der Waals surface area contributed by atoms with E-state index in [9.17, 15) is 0 Å². The Morgan fingerprint density at radius 1 is 1.12 bits per heavy atom. The molecule has 1 saturated heterocycles. The predicted octanol–water partition coefficient (Wildman–Crippen LogP) is 2.95. The number of benzene rings is 1. The lowest BCUT2D eigenvalue weighted by atomic mass is 10.1. The Hall–Kier alpha value is -1.02. The number of nitrogens with zero attached hydrogens (tertiary/aromatic N) is 1. The zero-order valence-electron chi connectivity index (χ0n) is 10.2. The van der Waals surface area contributed by atoms with Crippen LogP contribution in [0.5, 0.6) is 0 Å². The second kappa shape index (κ2) is 5.35. The summed E-state index contributed by atoms with van der Waals surface area (Å²) in [4.78, 5) is 2.54. The highest BCUT2D eigenvalue weighted by Gasteiger charge is 2.10. The fourth-order valence-corrected chi connectivity index (χ4v) is 2.39. The first kappa shape index (κ1) is 11.5. The van der Waals surface area contributed by atoms with Gasteiger partial charge in [0.1, 0.15) is 0 Å². The van der Waals surface area contributed by atoms with Gasteiger partial charge in [-0.2, -0.15) is 0 Å². The van der Waals surface area contributed by atoms with Crippen LogP contribution in [0, 0.1) is 6.92 Å². The van der Waals surface area contributed by atoms with Crippen LogP contribution in [0.25, 0.3) is 0 Å². The number of likely N-dealkylation sites (tertiary alicyclic amines) is 1. The minimum Gasteiger partial charge on any atom is -0.398 e. The van der Waals surface area contributed by atoms with Gasteiger partial charge in [0.05, 0.1) is 0 Å². The molecule has 1 heterocycles. The second-order valence-electron chi connectivity index (χ2n) is 4.89. The molecule has 1 fully saturated rings. The molecule has 1 aromatic rings. The lowest BCUT2D eigenvalue weighted by Crippen LogP contribution is -2.24. The van der Waals surface area contributed by atoms with E-state index in [4.69, 9.17) is 5.73 Å². The number of hydrogen-bond donors (Lipinski definition) is 1. The van der Waals surface area contributed by atoms with E-state index in [1.807, 2.05) is 0 Å². The number of rotatable bonds is 2. The van der Waals surface area contributed by atoms with Crippen molar-refractivity contribution in [1.82, 2.24) is 4.90 Å². The Balaban J connectivity index is 2.01. The highest BCUT2D eigenvalue weighted by Crippen LogP contribution is 2.18. The van der Waals surface area contributed by atoms with Crippen molar-refractivity contribution in [3.05, 3.63) is 29.3 Å². The molecule has 0 unspecified atom stereocenters. The molecule has 0 atom stereocenters. The number of hydrogen-bond acceptors (Lipinski definition) is 2. The van der Waals surface area contributed by atoms with Gasteiger partial charge < -0.3 is 5.73 Å². The van der Waals surface area contributed by atoms with Gasteiger partial charge >= 0.3 is 0 Å². The van der Waals surface area contributed by atoms with Gasteiger partial charge in [-0.05, 0) is 50.0 Å². The van der Waals surface area contributed by atoms with Crippen LogP contribution >= 0.6 is 0 Å². The van der Waals surface area contributed by atoms with Gasteiger partial charge in [-0.25, -0.2) is 0 Å². The molecule has 1 aliphatic heterocycles. The molecule has 0 spiro atoms. The van der Waals surface area contributed by atoms with Gasteiger partial charge in [-0.1, -0.05) is 25.0 Å². The van der Waals surface area contributed by atoms with Crippen LogP contribution in [0.3, 0.4) is 0 Å².